The number of imidazole rings is 1. The molecule has 108 valence electrons. The standard InChI is InChI=1S/C15H21N3O2/c1-3-20-15(19)6-4-5-12(16)11-7-8-14-13(9-11)17-10-18(14)2/h7-10,12H,3-6,16H2,1-2H3. The predicted molar refractivity (Wildman–Crippen MR) is 78.1 cm³/mol. The maximum absolute atomic E-state index is 11.3. The fraction of sp³-hybridized carbons (Fsp3) is 0.467. The van der Waals surface area contributed by atoms with Crippen LogP contribution in [0.25, 0.3) is 11.0 Å². The quantitative estimate of drug-likeness (QED) is 0.821. The molecule has 20 heavy (non-hydrogen) atoms. The Balaban J connectivity index is 1.93. The number of carbonyl (C=O) groups excluding carboxylic acids is 1. The smallest absolute Gasteiger partial charge is 0.305 e. The second-order valence-corrected chi connectivity index (χ2v) is 4.91. The largest absolute Gasteiger partial charge is 0.466 e. The van der Waals surface area contributed by atoms with Crippen LogP contribution in [-0.4, -0.2) is 22.1 Å². The van der Waals surface area contributed by atoms with Crippen LogP contribution in [-0.2, 0) is 16.6 Å². The zero-order valence-corrected chi connectivity index (χ0v) is 12.0. The van der Waals surface area contributed by atoms with Gasteiger partial charge >= 0.3 is 5.97 Å². The van der Waals surface area contributed by atoms with Crippen molar-refractivity contribution < 1.29 is 9.53 Å². The Morgan fingerprint density at radius 2 is 2.30 bits per heavy atom. The molecule has 0 saturated heterocycles. The van der Waals surface area contributed by atoms with Crippen molar-refractivity contribution in [3.8, 4) is 0 Å². The molecule has 1 aromatic heterocycles. The first-order valence-electron chi connectivity index (χ1n) is 6.94. The summed E-state index contributed by atoms with van der Waals surface area (Å²) < 4.78 is 6.87. The van der Waals surface area contributed by atoms with Crippen molar-refractivity contribution in [2.75, 3.05) is 6.61 Å². The highest BCUT2D eigenvalue weighted by molar-refractivity contribution is 5.76. The molecule has 2 aromatic rings. The van der Waals surface area contributed by atoms with E-state index in [-0.39, 0.29) is 12.0 Å². The van der Waals surface area contributed by atoms with Crippen molar-refractivity contribution in [3.05, 3.63) is 30.1 Å². The summed E-state index contributed by atoms with van der Waals surface area (Å²) in [7, 11) is 1.97. The highest BCUT2D eigenvalue weighted by Gasteiger charge is 2.10. The molecule has 1 atom stereocenters. The Kier molecular flexibility index (Phi) is 4.74. The Labute approximate surface area is 118 Å². The lowest BCUT2D eigenvalue weighted by atomic mass is 10.0. The Morgan fingerprint density at radius 3 is 3.05 bits per heavy atom. The van der Waals surface area contributed by atoms with Crippen molar-refractivity contribution in [2.24, 2.45) is 12.8 Å². The third kappa shape index (κ3) is 3.36. The van der Waals surface area contributed by atoms with E-state index in [4.69, 9.17) is 10.5 Å². The number of carbonyl (C=O) groups is 1. The molecule has 0 amide bonds. The van der Waals surface area contributed by atoms with E-state index in [0.29, 0.717) is 13.0 Å². The molecule has 0 aliphatic heterocycles. The maximum atomic E-state index is 11.3. The molecule has 5 nitrogen and oxygen atoms in total. The van der Waals surface area contributed by atoms with Gasteiger partial charge in [0.25, 0.3) is 0 Å². The van der Waals surface area contributed by atoms with Crippen LogP contribution < -0.4 is 5.73 Å². The molecule has 0 bridgehead atoms. The Morgan fingerprint density at radius 1 is 1.50 bits per heavy atom. The SMILES string of the molecule is CCOC(=O)CCCC(N)c1ccc2c(c1)ncn2C. The van der Waals surface area contributed by atoms with Crippen LogP contribution in [0.2, 0.25) is 0 Å². The van der Waals surface area contributed by atoms with Gasteiger partial charge in [-0.2, -0.15) is 0 Å². The number of ether oxygens (including phenoxy) is 1. The molecule has 0 fully saturated rings. The van der Waals surface area contributed by atoms with Crippen LogP contribution in [0, 0.1) is 0 Å². The van der Waals surface area contributed by atoms with Gasteiger partial charge in [-0.05, 0) is 37.5 Å². The van der Waals surface area contributed by atoms with E-state index in [1.165, 1.54) is 0 Å². The van der Waals surface area contributed by atoms with Gasteiger partial charge in [0, 0.05) is 19.5 Å². The van der Waals surface area contributed by atoms with Crippen LogP contribution in [0.4, 0.5) is 0 Å². The highest BCUT2D eigenvalue weighted by atomic mass is 16.5. The molecule has 5 heteroatoms. The molecule has 2 rings (SSSR count). The normalized spacial score (nSPS) is 12.6. The number of rotatable bonds is 6. The van der Waals surface area contributed by atoms with Gasteiger partial charge in [0.2, 0.25) is 0 Å². The zero-order valence-electron chi connectivity index (χ0n) is 12.0. The molecular formula is C15H21N3O2. The minimum atomic E-state index is -0.153. The van der Waals surface area contributed by atoms with Gasteiger partial charge in [0.1, 0.15) is 0 Å². The first-order chi connectivity index (χ1) is 9.61. The number of hydrogen-bond donors (Lipinski definition) is 1. The number of fused-ring (bicyclic) bond motifs is 1. The predicted octanol–water partition coefficient (Wildman–Crippen LogP) is 2.31. The second-order valence-electron chi connectivity index (χ2n) is 4.91. The van der Waals surface area contributed by atoms with Gasteiger partial charge in [0.15, 0.2) is 0 Å². The van der Waals surface area contributed by atoms with E-state index in [0.717, 1.165) is 29.4 Å². The van der Waals surface area contributed by atoms with E-state index in [1.807, 2.05) is 36.7 Å². The molecular weight excluding hydrogens is 254 g/mol. The van der Waals surface area contributed by atoms with E-state index in [1.54, 1.807) is 6.33 Å². The van der Waals surface area contributed by atoms with Crippen molar-refractivity contribution in [3.63, 3.8) is 0 Å². The minimum absolute atomic E-state index is 0.0733. The summed E-state index contributed by atoms with van der Waals surface area (Å²) in [5.41, 5.74) is 9.26. The summed E-state index contributed by atoms with van der Waals surface area (Å²) in [6, 6.07) is 6.00. The van der Waals surface area contributed by atoms with E-state index >= 15 is 0 Å². The fourth-order valence-corrected chi connectivity index (χ4v) is 2.25. The fourth-order valence-electron chi connectivity index (χ4n) is 2.25. The lowest BCUT2D eigenvalue weighted by molar-refractivity contribution is -0.143. The monoisotopic (exact) mass is 275 g/mol. The van der Waals surface area contributed by atoms with Gasteiger partial charge in [-0.15, -0.1) is 0 Å². The summed E-state index contributed by atoms with van der Waals surface area (Å²) in [5, 5.41) is 0. The molecule has 0 spiro atoms. The molecule has 1 aromatic carbocycles. The summed E-state index contributed by atoms with van der Waals surface area (Å²) in [6.07, 6.45) is 3.71. The van der Waals surface area contributed by atoms with Crippen LogP contribution in [0.3, 0.4) is 0 Å². The first-order valence-corrected chi connectivity index (χ1v) is 6.94. The molecule has 2 N–H and O–H groups in total. The summed E-state index contributed by atoms with van der Waals surface area (Å²) in [6.45, 7) is 2.24. The van der Waals surface area contributed by atoms with Gasteiger partial charge in [-0.3, -0.25) is 4.79 Å². The Hall–Kier alpha value is -1.88. The van der Waals surface area contributed by atoms with E-state index < -0.39 is 0 Å². The van der Waals surface area contributed by atoms with Crippen LogP contribution in [0.1, 0.15) is 37.8 Å². The molecule has 1 heterocycles. The van der Waals surface area contributed by atoms with Gasteiger partial charge < -0.3 is 15.0 Å². The third-order valence-electron chi connectivity index (χ3n) is 3.38. The van der Waals surface area contributed by atoms with Gasteiger partial charge in [-0.1, -0.05) is 6.07 Å². The molecule has 0 aliphatic rings. The van der Waals surface area contributed by atoms with Crippen molar-refractivity contribution in [1.82, 2.24) is 9.55 Å². The lowest BCUT2D eigenvalue weighted by Gasteiger charge is -2.11. The van der Waals surface area contributed by atoms with E-state index in [9.17, 15) is 4.79 Å². The number of hydrogen-bond acceptors (Lipinski definition) is 4. The average Bonchev–Trinajstić information content (AvgIpc) is 2.80. The average molecular weight is 275 g/mol. The highest BCUT2D eigenvalue weighted by Crippen LogP contribution is 2.21. The number of benzene rings is 1. The van der Waals surface area contributed by atoms with Crippen LogP contribution in [0.5, 0.6) is 0 Å². The van der Waals surface area contributed by atoms with Crippen LogP contribution in [0.15, 0.2) is 24.5 Å². The van der Waals surface area contributed by atoms with Gasteiger partial charge in [0.05, 0.1) is 24.0 Å². The number of esters is 1. The Bertz CT molecular complexity index is 592. The number of aryl methyl sites for hydroxylation is 1. The van der Waals surface area contributed by atoms with E-state index in [2.05, 4.69) is 4.98 Å². The lowest BCUT2D eigenvalue weighted by Crippen LogP contribution is -2.11. The molecule has 0 radical (unpaired) electrons. The second kappa shape index (κ2) is 6.52. The number of aromatic nitrogens is 2. The summed E-state index contributed by atoms with van der Waals surface area (Å²) in [4.78, 5) is 15.6. The zero-order chi connectivity index (χ0) is 14.5. The molecule has 0 saturated carbocycles. The minimum Gasteiger partial charge on any atom is -0.466 e. The summed E-state index contributed by atoms with van der Waals surface area (Å²) in [5.74, 6) is -0.153. The first kappa shape index (κ1) is 14.5. The number of nitrogens with two attached hydrogens (primary N) is 1. The van der Waals surface area contributed by atoms with Crippen LogP contribution >= 0.6 is 0 Å². The third-order valence-corrected chi connectivity index (χ3v) is 3.38. The topological polar surface area (TPSA) is 70.1 Å². The van der Waals surface area contributed by atoms with Crippen molar-refractivity contribution in [2.45, 2.75) is 32.2 Å². The van der Waals surface area contributed by atoms with Crippen molar-refractivity contribution >= 4 is 17.0 Å². The molecule has 0 aliphatic carbocycles. The summed E-state index contributed by atoms with van der Waals surface area (Å²) >= 11 is 0. The van der Waals surface area contributed by atoms with Gasteiger partial charge in [-0.25, -0.2) is 4.98 Å². The number of nitrogens with zero attached hydrogens (tertiary/aromatic N) is 2. The van der Waals surface area contributed by atoms with Crippen molar-refractivity contribution in [1.29, 1.82) is 0 Å². The molecule has 1 unspecified atom stereocenters. The maximum Gasteiger partial charge on any atom is 0.305 e.